The molecule has 0 aliphatic carbocycles. The maximum atomic E-state index is 11.2. The minimum atomic E-state index is 0.150. The van der Waals surface area contributed by atoms with Crippen molar-refractivity contribution >= 4 is 5.91 Å². The van der Waals surface area contributed by atoms with E-state index in [0.717, 1.165) is 18.9 Å². The lowest BCUT2D eigenvalue weighted by Crippen LogP contribution is -2.36. The van der Waals surface area contributed by atoms with Crippen LogP contribution < -0.4 is 5.32 Å². The largest absolute Gasteiger partial charge is 0.356 e. The highest BCUT2D eigenvalue weighted by Gasteiger charge is 2.27. The van der Waals surface area contributed by atoms with E-state index in [-0.39, 0.29) is 11.3 Å². The third-order valence-electron chi connectivity index (χ3n) is 3.00. The van der Waals surface area contributed by atoms with Gasteiger partial charge in [-0.1, -0.05) is 89.0 Å². The van der Waals surface area contributed by atoms with Gasteiger partial charge in [0.2, 0.25) is 5.91 Å². The van der Waals surface area contributed by atoms with E-state index in [1.165, 1.54) is 12.8 Å². The molecule has 0 unspecified atom stereocenters. The number of hydrogen-bond acceptors (Lipinski definition) is 1. The molecule has 0 aliphatic rings. The molecule has 0 heterocycles. The van der Waals surface area contributed by atoms with Crippen LogP contribution in [0.2, 0.25) is 0 Å². The van der Waals surface area contributed by atoms with Crippen LogP contribution in [0.1, 0.15) is 102 Å². The Morgan fingerprint density at radius 3 is 1.55 bits per heavy atom. The third kappa shape index (κ3) is 24.5. The summed E-state index contributed by atoms with van der Waals surface area (Å²) in [6.45, 7) is 24.7. The van der Waals surface area contributed by atoms with E-state index in [0.29, 0.717) is 11.8 Å². The van der Waals surface area contributed by atoms with E-state index in [1.54, 1.807) is 0 Å². The molecule has 0 aromatic carbocycles. The Hall–Kier alpha value is -0.530. The van der Waals surface area contributed by atoms with Crippen LogP contribution in [-0.4, -0.2) is 12.5 Å². The molecule has 0 radical (unpaired) electrons. The molecule has 0 fully saturated rings. The lowest BCUT2D eigenvalue weighted by Gasteiger charge is -2.34. The van der Waals surface area contributed by atoms with Gasteiger partial charge in [0.05, 0.1) is 0 Å². The van der Waals surface area contributed by atoms with Crippen LogP contribution in [-0.2, 0) is 4.79 Å². The van der Waals surface area contributed by atoms with Gasteiger partial charge in [-0.05, 0) is 23.2 Å². The van der Waals surface area contributed by atoms with Gasteiger partial charge in [-0.2, -0.15) is 0 Å². The molecule has 0 aromatic heterocycles. The first-order valence-electron chi connectivity index (χ1n) is 9.14. The Morgan fingerprint density at radius 2 is 1.27 bits per heavy atom. The van der Waals surface area contributed by atoms with Gasteiger partial charge in [0.25, 0.3) is 0 Å². The Kier molecular flexibility index (Phi) is 16.9. The predicted molar refractivity (Wildman–Crippen MR) is 102 cm³/mol. The van der Waals surface area contributed by atoms with Gasteiger partial charge in [0, 0.05) is 13.0 Å². The number of rotatable bonds is 6. The van der Waals surface area contributed by atoms with Crippen LogP contribution in [0.4, 0.5) is 0 Å². The molecule has 2 nitrogen and oxygen atoms in total. The van der Waals surface area contributed by atoms with Gasteiger partial charge in [-0.3, -0.25) is 4.79 Å². The average Bonchev–Trinajstić information content (AvgIpc) is 2.35. The molecule has 0 aromatic rings. The Labute approximate surface area is 141 Å². The Balaban J connectivity index is -0.000000432. The maximum absolute atomic E-state index is 11.2. The maximum Gasteiger partial charge on any atom is 0.219 e. The normalized spacial score (nSPS) is 11.1. The first kappa shape index (κ1) is 26.4. The van der Waals surface area contributed by atoms with Crippen LogP contribution in [0.5, 0.6) is 0 Å². The van der Waals surface area contributed by atoms with E-state index >= 15 is 0 Å². The zero-order chi connectivity index (χ0) is 18.4. The average molecular weight is 316 g/mol. The molecule has 2 heteroatoms. The highest BCUT2D eigenvalue weighted by Crippen LogP contribution is 2.35. The smallest absolute Gasteiger partial charge is 0.219 e. The summed E-state index contributed by atoms with van der Waals surface area (Å²) in [5.41, 5.74) is 0.546. The van der Waals surface area contributed by atoms with Crippen molar-refractivity contribution in [1.29, 1.82) is 0 Å². The second kappa shape index (κ2) is 14.1. The first-order chi connectivity index (χ1) is 9.87. The van der Waals surface area contributed by atoms with Crippen LogP contribution in [0, 0.1) is 16.7 Å². The Bertz CT molecular complexity index is 252. The monoisotopic (exact) mass is 315 g/mol. The van der Waals surface area contributed by atoms with Gasteiger partial charge < -0.3 is 5.32 Å². The summed E-state index contributed by atoms with van der Waals surface area (Å²) in [6.07, 6.45) is 4.14. The lowest BCUT2D eigenvalue weighted by molar-refractivity contribution is -0.121. The number of carbonyl (C=O) groups excluding carboxylic acids is 1. The molecule has 1 amide bonds. The molecule has 0 spiro atoms. The van der Waals surface area contributed by atoms with Gasteiger partial charge in [-0.25, -0.2) is 0 Å². The summed E-state index contributed by atoms with van der Waals surface area (Å²) in [5.74, 6) is 0.984. The standard InChI is InChI=1S/C13H27NO.C4H10.C3H8/c1-7-11(15)14-10-13(5,6)9-12(3,4)8-2;1-4(2)3;1-3-2/h7-10H2,1-6H3,(H,14,15);4H,1-3H3;3H2,1-2H3. The minimum Gasteiger partial charge on any atom is -0.356 e. The summed E-state index contributed by atoms with van der Waals surface area (Å²) < 4.78 is 0. The highest BCUT2D eigenvalue weighted by molar-refractivity contribution is 5.75. The fourth-order valence-corrected chi connectivity index (χ4v) is 1.95. The topological polar surface area (TPSA) is 29.1 Å². The number of amides is 1. The summed E-state index contributed by atoms with van der Waals surface area (Å²) in [7, 11) is 0. The van der Waals surface area contributed by atoms with E-state index in [1.807, 2.05) is 6.92 Å². The van der Waals surface area contributed by atoms with Gasteiger partial charge in [-0.15, -0.1) is 0 Å². The van der Waals surface area contributed by atoms with Gasteiger partial charge in [0.15, 0.2) is 0 Å². The van der Waals surface area contributed by atoms with E-state index in [4.69, 9.17) is 0 Å². The van der Waals surface area contributed by atoms with E-state index < -0.39 is 0 Å². The molecule has 0 bridgehead atoms. The van der Waals surface area contributed by atoms with Crippen LogP contribution in [0.3, 0.4) is 0 Å². The highest BCUT2D eigenvalue weighted by atomic mass is 16.1. The number of nitrogens with one attached hydrogen (secondary N) is 1. The number of hydrogen-bond donors (Lipinski definition) is 1. The SMILES string of the molecule is CC(C)C.CCC.CCC(=O)NCC(C)(C)CC(C)(C)CC. The fraction of sp³-hybridized carbons (Fsp3) is 0.950. The summed E-state index contributed by atoms with van der Waals surface area (Å²) >= 11 is 0. The van der Waals surface area contributed by atoms with Crippen LogP contribution in [0.15, 0.2) is 0 Å². The molecular formula is C20H45NO. The molecule has 0 saturated heterocycles. The second-order valence-corrected chi connectivity index (χ2v) is 8.43. The van der Waals surface area contributed by atoms with Crippen molar-refractivity contribution in [2.45, 2.75) is 102 Å². The second-order valence-electron chi connectivity index (χ2n) is 8.43. The van der Waals surface area contributed by atoms with Crippen molar-refractivity contribution in [3.63, 3.8) is 0 Å². The summed E-state index contributed by atoms with van der Waals surface area (Å²) in [4.78, 5) is 11.2. The summed E-state index contributed by atoms with van der Waals surface area (Å²) in [6, 6.07) is 0. The quantitative estimate of drug-likeness (QED) is 0.600. The first-order valence-corrected chi connectivity index (χ1v) is 9.14. The zero-order valence-electron chi connectivity index (χ0n) is 17.5. The van der Waals surface area contributed by atoms with Gasteiger partial charge in [0.1, 0.15) is 0 Å². The molecule has 0 aliphatic heterocycles. The molecule has 0 rings (SSSR count). The predicted octanol–water partition coefficient (Wildman–Crippen LogP) is 6.44. The molecule has 0 atom stereocenters. The lowest BCUT2D eigenvalue weighted by atomic mass is 9.73. The Morgan fingerprint density at radius 1 is 0.909 bits per heavy atom. The van der Waals surface area contributed by atoms with E-state index in [2.05, 4.69) is 74.6 Å². The number of carbonyl (C=O) groups is 1. The summed E-state index contributed by atoms with van der Waals surface area (Å²) in [5, 5.41) is 2.98. The van der Waals surface area contributed by atoms with Crippen molar-refractivity contribution in [1.82, 2.24) is 5.32 Å². The van der Waals surface area contributed by atoms with Crippen LogP contribution >= 0.6 is 0 Å². The van der Waals surface area contributed by atoms with Crippen molar-refractivity contribution < 1.29 is 4.79 Å². The van der Waals surface area contributed by atoms with Crippen molar-refractivity contribution in [3.8, 4) is 0 Å². The molecule has 136 valence electrons. The molecular weight excluding hydrogens is 270 g/mol. The fourth-order valence-electron chi connectivity index (χ4n) is 1.95. The zero-order valence-corrected chi connectivity index (χ0v) is 17.5. The van der Waals surface area contributed by atoms with Crippen molar-refractivity contribution in [3.05, 3.63) is 0 Å². The van der Waals surface area contributed by atoms with Crippen LogP contribution in [0.25, 0.3) is 0 Å². The van der Waals surface area contributed by atoms with Crippen molar-refractivity contribution in [2.24, 2.45) is 16.7 Å². The minimum absolute atomic E-state index is 0.150. The van der Waals surface area contributed by atoms with Crippen molar-refractivity contribution in [2.75, 3.05) is 6.54 Å². The molecule has 1 N–H and O–H groups in total. The van der Waals surface area contributed by atoms with Gasteiger partial charge >= 0.3 is 0 Å². The molecule has 0 saturated carbocycles. The van der Waals surface area contributed by atoms with E-state index in [9.17, 15) is 4.79 Å². The third-order valence-corrected chi connectivity index (χ3v) is 3.00. The molecule has 22 heavy (non-hydrogen) atoms.